The molecule has 6 nitrogen and oxygen atoms in total. The number of anilines is 3. The summed E-state index contributed by atoms with van der Waals surface area (Å²) in [7, 11) is -3.30. The molecule has 0 atom stereocenters. The Morgan fingerprint density at radius 1 is 1.00 bits per heavy atom. The number of rotatable bonds is 6. The van der Waals surface area contributed by atoms with Crippen LogP contribution in [0.5, 0.6) is 0 Å². The second-order valence-electron chi connectivity index (χ2n) is 9.05. The number of nitrogens with two attached hydrogens (primary N) is 1. The quantitative estimate of drug-likeness (QED) is 0.527. The molecule has 2 heterocycles. The van der Waals surface area contributed by atoms with Crippen LogP contribution in [0.25, 0.3) is 22.2 Å². The predicted molar refractivity (Wildman–Crippen MR) is 134 cm³/mol. The Hall–Kier alpha value is -2.67. The van der Waals surface area contributed by atoms with Gasteiger partial charge in [0.15, 0.2) is 0 Å². The highest BCUT2D eigenvalue weighted by Gasteiger charge is 2.27. The summed E-state index contributed by atoms with van der Waals surface area (Å²) < 4.78 is 28.9. The van der Waals surface area contributed by atoms with Crippen molar-refractivity contribution in [3.05, 3.63) is 42.5 Å². The maximum atomic E-state index is 11.9. The molecule has 0 amide bonds. The average Bonchev–Trinajstić information content (AvgIpc) is 3.05. The van der Waals surface area contributed by atoms with Gasteiger partial charge in [-0.1, -0.05) is 12.1 Å². The molecule has 0 unspecified atom stereocenters. The van der Waals surface area contributed by atoms with Crippen molar-refractivity contribution in [3.8, 4) is 11.3 Å². The van der Waals surface area contributed by atoms with Crippen LogP contribution in [-0.4, -0.2) is 31.8 Å². The van der Waals surface area contributed by atoms with Crippen LogP contribution >= 0.6 is 0 Å². The molecule has 3 N–H and O–H groups in total. The number of nitrogens with one attached hydrogen (secondary N) is 1. The maximum Gasteiger partial charge on any atom is 0.232 e. The molecule has 1 aliphatic carbocycles. The third-order valence-electron chi connectivity index (χ3n) is 7.00. The third-order valence-corrected chi connectivity index (χ3v) is 8.31. The summed E-state index contributed by atoms with van der Waals surface area (Å²) >= 11 is 0. The standard InChI is InChI=1S/C25H32N4O2S/c1-2-32(30,31)27-19-11-9-18(10-12-19)25-24(26)22-14-13-21(28-15-4-3-5-16-28)17-23(22)29(25)20-7-6-8-20/h9-14,17,20,27H,2-8,15-16,26H2,1H3. The fraction of sp³-hybridized carbons (Fsp3) is 0.440. The Labute approximate surface area is 190 Å². The Morgan fingerprint density at radius 2 is 1.72 bits per heavy atom. The summed E-state index contributed by atoms with van der Waals surface area (Å²) in [4.78, 5) is 2.49. The minimum Gasteiger partial charge on any atom is -0.396 e. The second-order valence-corrected chi connectivity index (χ2v) is 11.1. The molecule has 2 fully saturated rings. The largest absolute Gasteiger partial charge is 0.396 e. The molecule has 170 valence electrons. The van der Waals surface area contributed by atoms with E-state index in [1.54, 1.807) is 6.92 Å². The fourth-order valence-corrected chi connectivity index (χ4v) is 5.58. The van der Waals surface area contributed by atoms with Gasteiger partial charge >= 0.3 is 0 Å². The molecule has 1 aliphatic heterocycles. The number of hydrogen-bond acceptors (Lipinski definition) is 4. The number of sulfonamides is 1. The van der Waals surface area contributed by atoms with Crippen molar-refractivity contribution in [2.24, 2.45) is 0 Å². The first-order valence-corrected chi connectivity index (χ1v) is 13.4. The van der Waals surface area contributed by atoms with Gasteiger partial charge in [0.05, 0.1) is 22.7 Å². The molecular formula is C25H32N4O2S. The van der Waals surface area contributed by atoms with E-state index >= 15 is 0 Å². The first-order valence-electron chi connectivity index (χ1n) is 11.8. The lowest BCUT2D eigenvalue weighted by Gasteiger charge is -2.31. The summed E-state index contributed by atoms with van der Waals surface area (Å²) in [5.41, 5.74) is 12.7. The number of piperidine rings is 1. The summed E-state index contributed by atoms with van der Waals surface area (Å²) in [5, 5.41) is 1.10. The highest BCUT2D eigenvalue weighted by atomic mass is 32.2. The molecule has 5 rings (SSSR count). The first kappa shape index (κ1) is 21.2. The Balaban J connectivity index is 1.58. The Bertz CT molecular complexity index is 1220. The molecule has 1 aromatic heterocycles. The topological polar surface area (TPSA) is 80.4 Å². The van der Waals surface area contributed by atoms with Crippen LogP contribution in [0.1, 0.15) is 51.5 Å². The molecule has 32 heavy (non-hydrogen) atoms. The fourth-order valence-electron chi connectivity index (χ4n) is 4.94. The first-order chi connectivity index (χ1) is 15.5. The van der Waals surface area contributed by atoms with E-state index in [-0.39, 0.29) is 5.75 Å². The smallest absolute Gasteiger partial charge is 0.232 e. The predicted octanol–water partition coefficient (Wildman–Crippen LogP) is 5.37. The zero-order valence-electron chi connectivity index (χ0n) is 18.7. The number of nitrogens with zero attached hydrogens (tertiary/aromatic N) is 2. The van der Waals surface area contributed by atoms with Crippen LogP contribution in [0, 0.1) is 0 Å². The summed E-state index contributed by atoms with van der Waals surface area (Å²) in [5.74, 6) is 0.0526. The van der Waals surface area contributed by atoms with E-state index in [0.29, 0.717) is 11.7 Å². The van der Waals surface area contributed by atoms with Crippen molar-refractivity contribution in [2.75, 3.05) is 34.2 Å². The molecular weight excluding hydrogens is 420 g/mol. The lowest BCUT2D eigenvalue weighted by molar-refractivity contribution is 0.324. The van der Waals surface area contributed by atoms with E-state index in [1.807, 2.05) is 24.3 Å². The summed E-state index contributed by atoms with van der Waals surface area (Å²) in [6.07, 6.45) is 7.40. The summed E-state index contributed by atoms with van der Waals surface area (Å²) in [6.45, 7) is 3.87. The van der Waals surface area contributed by atoms with Crippen LogP contribution in [-0.2, 0) is 10.0 Å². The number of benzene rings is 2. The average molecular weight is 453 g/mol. The molecule has 7 heteroatoms. The van der Waals surface area contributed by atoms with Gasteiger partial charge in [-0.05, 0) is 75.8 Å². The van der Waals surface area contributed by atoms with Crippen molar-refractivity contribution in [3.63, 3.8) is 0 Å². The number of aromatic nitrogens is 1. The van der Waals surface area contributed by atoms with Crippen molar-refractivity contribution in [2.45, 2.75) is 51.5 Å². The number of fused-ring (bicyclic) bond motifs is 1. The molecule has 3 aromatic rings. The van der Waals surface area contributed by atoms with Gasteiger partial charge in [-0.2, -0.15) is 0 Å². The Kier molecular flexibility index (Phi) is 5.53. The molecule has 1 saturated carbocycles. The lowest BCUT2D eigenvalue weighted by Crippen LogP contribution is -2.29. The molecule has 1 saturated heterocycles. The van der Waals surface area contributed by atoms with Crippen LogP contribution in [0.15, 0.2) is 42.5 Å². The Morgan fingerprint density at radius 3 is 2.34 bits per heavy atom. The van der Waals surface area contributed by atoms with Crippen molar-refractivity contribution in [1.29, 1.82) is 0 Å². The van der Waals surface area contributed by atoms with E-state index in [1.165, 1.54) is 49.7 Å². The van der Waals surface area contributed by atoms with Gasteiger partial charge < -0.3 is 15.2 Å². The van der Waals surface area contributed by atoms with Crippen molar-refractivity contribution < 1.29 is 8.42 Å². The highest BCUT2D eigenvalue weighted by molar-refractivity contribution is 7.92. The molecule has 0 bridgehead atoms. The zero-order valence-corrected chi connectivity index (χ0v) is 19.5. The van der Waals surface area contributed by atoms with Gasteiger partial charge in [0.25, 0.3) is 0 Å². The SMILES string of the molecule is CCS(=O)(=O)Nc1ccc(-c2c(N)c3ccc(N4CCCCC4)cc3n2C2CCC2)cc1. The van der Waals surface area contributed by atoms with Crippen LogP contribution in [0.2, 0.25) is 0 Å². The van der Waals surface area contributed by atoms with E-state index in [2.05, 4.69) is 32.4 Å². The van der Waals surface area contributed by atoms with Crippen LogP contribution in [0.4, 0.5) is 17.1 Å². The molecule has 0 spiro atoms. The normalized spacial score (nSPS) is 17.5. The van der Waals surface area contributed by atoms with Crippen LogP contribution < -0.4 is 15.4 Å². The maximum absolute atomic E-state index is 11.9. The number of nitrogen functional groups attached to an aromatic ring is 1. The third kappa shape index (κ3) is 3.83. The van der Waals surface area contributed by atoms with E-state index < -0.39 is 10.0 Å². The van der Waals surface area contributed by atoms with Gasteiger partial charge in [-0.3, -0.25) is 4.72 Å². The van der Waals surface area contributed by atoms with E-state index in [4.69, 9.17) is 5.73 Å². The van der Waals surface area contributed by atoms with Gasteiger partial charge in [-0.15, -0.1) is 0 Å². The van der Waals surface area contributed by atoms with Crippen molar-refractivity contribution in [1.82, 2.24) is 4.57 Å². The molecule has 0 radical (unpaired) electrons. The van der Waals surface area contributed by atoms with Gasteiger partial charge in [-0.25, -0.2) is 8.42 Å². The zero-order chi connectivity index (χ0) is 22.3. The molecule has 2 aliphatic rings. The van der Waals surface area contributed by atoms with Crippen LogP contribution in [0.3, 0.4) is 0 Å². The second kappa shape index (κ2) is 8.35. The van der Waals surface area contributed by atoms with Gasteiger partial charge in [0, 0.05) is 41.5 Å². The minimum absolute atomic E-state index is 0.0526. The van der Waals surface area contributed by atoms with Gasteiger partial charge in [0.2, 0.25) is 10.0 Å². The summed E-state index contributed by atoms with van der Waals surface area (Å²) in [6, 6.07) is 14.8. The monoisotopic (exact) mass is 452 g/mol. The highest BCUT2D eigenvalue weighted by Crippen LogP contribution is 2.45. The van der Waals surface area contributed by atoms with E-state index in [9.17, 15) is 8.42 Å². The molecule has 2 aromatic carbocycles. The van der Waals surface area contributed by atoms with Gasteiger partial charge in [0.1, 0.15) is 0 Å². The minimum atomic E-state index is -3.30. The van der Waals surface area contributed by atoms with E-state index in [0.717, 1.165) is 35.4 Å². The number of hydrogen-bond donors (Lipinski definition) is 2. The lowest BCUT2D eigenvalue weighted by atomic mass is 9.92. The van der Waals surface area contributed by atoms with Crippen molar-refractivity contribution >= 4 is 38.0 Å².